The zero-order valence-electron chi connectivity index (χ0n) is 16.4. The number of carbonyl (C=O) groups excluding carboxylic acids is 1. The molecule has 1 amide bonds. The number of likely N-dealkylation sites (tertiary alicyclic amines) is 1. The van der Waals surface area contributed by atoms with E-state index in [1.807, 2.05) is 47.1 Å². The number of hydrogen-bond donors (Lipinski definition) is 1. The van der Waals surface area contributed by atoms with Crippen molar-refractivity contribution >= 4 is 11.6 Å². The third-order valence-corrected chi connectivity index (χ3v) is 5.31. The van der Waals surface area contributed by atoms with Gasteiger partial charge in [-0.3, -0.25) is 4.79 Å². The van der Waals surface area contributed by atoms with Crippen LogP contribution < -0.4 is 4.74 Å². The smallest absolute Gasteiger partial charge is 0.254 e. The van der Waals surface area contributed by atoms with Gasteiger partial charge in [0.15, 0.2) is 0 Å². The summed E-state index contributed by atoms with van der Waals surface area (Å²) >= 11 is 0. The van der Waals surface area contributed by atoms with Gasteiger partial charge in [0, 0.05) is 44.3 Å². The summed E-state index contributed by atoms with van der Waals surface area (Å²) in [6.07, 6.45) is 5.17. The standard InChI is InChI=1S/C22H25N3O4/c1-28-20-12-18(8-10-26)25(14-20)22(27)16-5-4-6-19(11-16)29-15-17-13-24-9-3-2-7-21(24)23-17/h2-7,9,11,13,18,20,26H,8,10,12,14-15H2,1H3/t18-,20+/m1/s1. The molecule has 152 valence electrons. The zero-order chi connectivity index (χ0) is 20.2. The number of benzene rings is 1. The highest BCUT2D eigenvalue weighted by molar-refractivity contribution is 5.95. The first-order valence-corrected chi connectivity index (χ1v) is 9.78. The minimum absolute atomic E-state index is 0.00461. The number of methoxy groups -OCH3 is 1. The van der Waals surface area contributed by atoms with E-state index in [0.29, 0.717) is 30.9 Å². The Morgan fingerprint density at radius 1 is 1.28 bits per heavy atom. The van der Waals surface area contributed by atoms with Crippen molar-refractivity contribution in [1.82, 2.24) is 14.3 Å². The molecule has 2 atom stereocenters. The topological polar surface area (TPSA) is 76.3 Å². The molecule has 3 heterocycles. The number of aliphatic hydroxyl groups is 1. The van der Waals surface area contributed by atoms with Crippen LogP contribution in [0.1, 0.15) is 28.9 Å². The summed E-state index contributed by atoms with van der Waals surface area (Å²) in [5.74, 6) is 0.551. The summed E-state index contributed by atoms with van der Waals surface area (Å²) in [6.45, 7) is 0.904. The Kier molecular flexibility index (Phi) is 5.78. The lowest BCUT2D eigenvalue weighted by atomic mass is 10.1. The Morgan fingerprint density at radius 3 is 2.97 bits per heavy atom. The number of hydrogen-bond acceptors (Lipinski definition) is 5. The summed E-state index contributed by atoms with van der Waals surface area (Å²) in [4.78, 5) is 19.4. The molecule has 0 spiro atoms. The number of amides is 1. The summed E-state index contributed by atoms with van der Waals surface area (Å²) in [6, 6.07) is 13.0. The van der Waals surface area contributed by atoms with E-state index in [4.69, 9.17) is 9.47 Å². The lowest BCUT2D eigenvalue weighted by molar-refractivity contribution is 0.0675. The molecule has 0 saturated carbocycles. The lowest BCUT2D eigenvalue weighted by Crippen LogP contribution is -2.36. The van der Waals surface area contributed by atoms with E-state index in [1.165, 1.54) is 0 Å². The van der Waals surface area contributed by atoms with Gasteiger partial charge in [-0.2, -0.15) is 0 Å². The van der Waals surface area contributed by atoms with Gasteiger partial charge < -0.3 is 23.9 Å². The number of imidazole rings is 1. The molecule has 7 nitrogen and oxygen atoms in total. The maximum atomic E-state index is 13.1. The van der Waals surface area contributed by atoms with Crippen molar-refractivity contribution in [2.75, 3.05) is 20.3 Å². The highest BCUT2D eigenvalue weighted by Gasteiger charge is 2.35. The average molecular weight is 395 g/mol. The van der Waals surface area contributed by atoms with Gasteiger partial charge in [-0.05, 0) is 43.2 Å². The van der Waals surface area contributed by atoms with Crippen LogP contribution in [-0.4, -0.2) is 57.7 Å². The van der Waals surface area contributed by atoms with Crippen molar-refractivity contribution in [3.8, 4) is 5.75 Å². The molecule has 1 aromatic carbocycles. The van der Waals surface area contributed by atoms with Crippen LogP contribution in [0.3, 0.4) is 0 Å². The first-order valence-electron chi connectivity index (χ1n) is 9.78. The molecule has 3 aromatic rings. The van der Waals surface area contributed by atoms with Crippen molar-refractivity contribution in [2.24, 2.45) is 0 Å². The molecule has 7 heteroatoms. The fourth-order valence-electron chi connectivity index (χ4n) is 3.81. The molecule has 0 radical (unpaired) electrons. The number of ether oxygens (including phenoxy) is 2. The van der Waals surface area contributed by atoms with Gasteiger partial charge in [0.2, 0.25) is 0 Å². The predicted octanol–water partition coefficient (Wildman–Crippen LogP) is 2.53. The first-order chi connectivity index (χ1) is 14.2. The molecule has 1 aliphatic heterocycles. The van der Waals surface area contributed by atoms with E-state index >= 15 is 0 Å². The SMILES string of the molecule is CO[C@H]1C[C@@H](CCO)N(C(=O)c2cccc(OCc3cn4ccccc4n3)c2)C1. The molecule has 1 aliphatic rings. The summed E-state index contributed by atoms with van der Waals surface area (Å²) in [7, 11) is 1.66. The zero-order valence-corrected chi connectivity index (χ0v) is 16.4. The molecular weight excluding hydrogens is 370 g/mol. The Bertz CT molecular complexity index is 954. The molecule has 0 bridgehead atoms. The maximum absolute atomic E-state index is 13.1. The normalized spacial score (nSPS) is 19.0. The molecule has 2 aromatic heterocycles. The molecule has 1 N–H and O–H groups in total. The molecule has 1 saturated heterocycles. The third-order valence-electron chi connectivity index (χ3n) is 5.31. The van der Waals surface area contributed by atoms with E-state index in [1.54, 1.807) is 24.1 Å². The summed E-state index contributed by atoms with van der Waals surface area (Å²) < 4.78 is 13.3. The summed E-state index contributed by atoms with van der Waals surface area (Å²) in [5, 5.41) is 9.32. The fraction of sp³-hybridized carbons (Fsp3) is 0.364. The second-order valence-electron chi connectivity index (χ2n) is 7.23. The predicted molar refractivity (Wildman–Crippen MR) is 108 cm³/mol. The quantitative estimate of drug-likeness (QED) is 0.665. The minimum atomic E-state index is -0.0684. The van der Waals surface area contributed by atoms with E-state index in [2.05, 4.69) is 4.98 Å². The van der Waals surface area contributed by atoms with Crippen molar-refractivity contribution in [3.63, 3.8) is 0 Å². The van der Waals surface area contributed by atoms with Crippen molar-refractivity contribution in [1.29, 1.82) is 0 Å². The van der Waals surface area contributed by atoms with Gasteiger partial charge in [0.05, 0.1) is 11.8 Å². The largest absolute Gasteiger partial charge is 0.487 e. The number of aliphatic hydroxyl groups excluding tert-OH is 1. The highest BCUT2D eigenvalue weighted by atomic mass is 16.5. The monoisotopic (exact) mass is 395 g/mol. The number of rotatable bonds is 7. The molecule has 4 rings (SSSR count). The number of nitrogens with zero attached hydrogens (tertiary/aromatic N) is 3. The van der Waals surface area contributed by atoms with Crippen LogP contribution in [0.4, 0.5) is 0 Å². The number of pyridine rings is 1. The van der Waals surface area contributed by atoms with Crippen LogP contribution in [-0.2, 0) is 11.3 Å². The van der Waals surface area contributed by atoms with E-state index in [9.17, 15) is 9.90 Å². The van der Waals surface area contributed by atoms with Crippen molar-refractivity contribution in [3.05, 3.63) is 66.1 Å². The van der Waals surface area contributed by atoms with Gasteiger partial charge >= 0.3 is 0 Å². The molecular formula is C22H25N3O4. The number of carbonyl (C=O) groups is 1. The van der Waals surface area contributed by atoms with Crippen molar-refractivity contribution < 1.29 is 19.4 Å². The number of fused-ring (bicyclic) bond motifs is 1. The van der Waals surface area contributed by atoms with E-state index < -0.39 is 0 Å². The Morgan fingerprint density at radius 2 is 2.17 bits per heavy atom. The van der Waals surface area contributed by atoms with E-state index in [-0.39, 0.29) is 24.7 Å². The maximum Gasteiger partial charge on any atom is 0.254 e. The molecule has 0 aliphatic carbocycles. The Balaban J connectivity index is 1.45. The van der Waals surface area contributed by atoms with Crippen LogP contribution in [0, 0.1) is 0 Å². The van der Waals surface area contributed by atoms with Gasteiger partial charge in [-0.15, -0.1) is 0 Å². The van der Waals surface area contributed by atoms with Crippen molar-refractivity contribution in [2.45, 2.75) is 31.6 Å². The second kappa shape index (κ2) is 8.63. The van der Waals surface area contributed by atoms with Crippen LogP contribution >= 0.6 is 0 Å². The van der Waals surface area contributed by atoms with Crippen LogP contribution in [0.15, 0.2) is 54.9 Å². The third kappa shape index (κ3) is 4.26. The average Bonchev–Trinajstić information content (AvgIpc) is 3.36. The van der Waals surface area contributed by atoms with Gasteiger partial charge in [0.1, 0.15) is 18.0 Å². The minimum Gasteiger partial charge on any atom is -0.487 e. The molecule has 0 unspecified atom stereocenters. The van der Waals surface area contributed by atoms with E-state index in [0.717, 1.165) is 17.8 Å². The second-order valence-corrected chi connectivity index (χ2v) is 7.23. The first kappa shape index (κ1) is 19.4. The fourth-order valence-corrected chi connectivity index (χ4v) is 3.81. The van der Waals surface area contributed by atoms with Crippen LogP contribution in [0.5, 0.6) is 5.75 Å². The van der Waals surface area contributed by atoms with Crippen LogP contribution in [0.2, 0.25) is 0 Å². The van der Waals surface area contributed by atoms with Gasteiger partial charge in [-0.1, -0.05) is 12.1 Å². The molecule has 29 heavy (non-hydrogen) atoms. The highest BCUT2D eigenvalue weighted by Crippen LogP contribution is 2.26. The summed E-state index contributed by atoms with van der Waals surface area (Å²) in [5.41, 5.74) is 2.25. The lowest BCUT2D eigenvalue weighted by Gasteiger charge is -2.24. The Hall–Kier alpha value is -2.90. The molecule has 1 fully saturated rings. The van der Waals surface area contributed by atoms with Crippen LogP contribution in [0.25, 0.3) is 5.65 Å². The number of aromatic nitrogens is 2. The Labute approximate surface area is 169 Å². The van der Waals surface area contributed by atoms with Gasteiger partial charge in [0.25, 0.3) is 5.91 Å². The van der Waals surface area contributed by atoms with Gasteiger partial charge in [-0.25, -0.2) is 4.98 Å².